The number of carbonyl (C=O) groups excluding carboxylic acids is 2. The molecule has 2 N–H and O–H groups in total. The average Bonchev–Trinajstić information content (AvgIpc) is 2.78. The van der Waals surface area contributed by atoms with E-state index in [1.807, 2.05) is 41.3 Å². The summed E-state index contributed by atoms with van der Waals surface area (Å²) in [5.74, 6) is -0.413. The standard InChI is InChI=1S/C20H22N2O3S/c1-25-19(23)12-18-20(24)22(10-9-14-5-3-2-4-6-14)13-15-11-16(21)7-8-17(15)26-18/h2-8,11,18H,9-10,12-13,21H2,1H3. The zero-order valence-corrected chi connectivity index (χ0v) is 15.5. The molecule has 1 atom stereocenters. The van der Waals surface area contributed by atoms with Crippen molar-refractivity contribution in [1.29, 1.82) is 0 Å². The number of hydrogen-bond donors (Lipinski definition) is 1. The first-order valence-electron chi connectivity index (χ1n) is 8.51. The molecule has 0 radical (unpaired) electrons. The van der Waals surface area contributed by atoms with Crippen LogP contribution in [0.2, 0.25) is 0 Å². The Balaban J connectivity index is 1.83. The van der Waals surface area contributed by atoms with Gasteiger partial charge in [-0.2, -0.15) is 0 Å². The number of fused-ring (bicyclic) bond motifs is 1. The number of thioether (sulfide) groups is 1. The molecule has 3 rings (SSSR count). The highest BCUT2D eigenvalue weighted by atomic mass is 32.2. The minimum atomic E-state index is -0.483. The first kappa shape index (κ1) is 18.3. The van der Waals surface area contributed by atoms with Gasteiger partial charge in [-0.1, -0.05) is 30.3 Å². The van der Waals surface area contributed by atoms with E-state index in [9.17, 15) is 9.59 Å². The highest BCUT2D eigenvalue weighted by molar-refractivity contribution is 8.00. The summed E-state index contributed by atoms with van der Waals surface area (Å²) < 4.78 is 4.77. The summed E-state index contributed by atoms with van der Waals surface area (Å²) in [7, 11) is 1.34. The Labute approximate surface area is 157 Å². The highest BCUT2D eigenvalue weighted by Gasteiger charge is 2.32. The molecule has 136 valence electrons. The minimum Gasteiger partial charge on any atom is -0.469 e. The molecular weight excluding hydrogens is 348 g/mol. The van der Waals surface area contributed by atoms with Gasteiger partial charge >= 0.3 is 5.97 Å². The minimum absolute atomic E-state index is 0.0360. The molecule has 1 unspecified atom stereocenters. The number of anilines is 1. The molecule has 2 aromatic rings. The van der Waals surface area contributed by atoms with Gasteiger partial charge in [-0.25, -0.2) is 0 Å². The molecule has 0 aromatic heterocycles. The van der Waals surface area contributed by atoms with Crippen LogP contribution in [0.15, 0.2) is 53.4 Å². The number of rotatable bonds is 5. The molecule has 0 fully saturated rings. The second kappa shape index (κ2) is 8.27. The first-order chi connectivity index (χ1) is 12.6. The van der Waals surface area contributed by atoms with E-state index < -0.39 is 5.25 Å². The Kier molecular flexibility index (Phi) is 5.83. The normalized spacial score (nSPS) is 16.7. The molecule has 1 aliphatic heterocycles. The van der Waals surface area contributed by atoms with E-state index in [0.717, 1.165) is 16.9 Å². The monoisotopic (exact) mass is 370 g/mol. The van der Waals surface area contributed by atoms with Crippen LogP contribution in [0.1, 0.15) is 17.5 Å². The summed E-state index contributed by atoms with van der Waals surface area (Å²) in [6.07, 6.45) is 0.825. The van der Waals surface area contributed by atoms with E-state index in [0.29, 0.717) is 18.8 Å². The Morgan fingerprint density at radius 3 is 2.77 bits per heavy atom. The summed E-state index contributed by atoms with van der Waals surface area (Å²) in [5.41, 5.74) is 8.79. The van der Waals surface area contributed by atoms with Crippen molar-refractivity contribution in [1.82, 2.24) is 4.90 Å². The van der Waals surface area contributed by atoms with E-state index in [1.165, 1.54) is 24.4 Å². The largest absolute Gasteiger partial charge is 0.469 e. The maximum absolute atomic E-state index is 13.0. The van der Waals surface area contributed by atoms with Crippen LogP contribution in [0, 0.1) is 0 Å². The fourth-order valence-corrected chi connectivity index (χ4v) is 4.19. The van der Waals surface area contributed by atoms with E-state index in [1.54, 1.807) is 0 Å². The van der Waals surface area contributed by atoms with Crippen molar-refractivity contribution in [2.24, 2.45) is 0 Å². The molecule has 1 aliphatic rings. The van der Waals surface area contributed by atoms with Crippen LogP contribution in [-0.2, 0) is 27.3 Å². The van der Waals surface area contributed by atoms with Crippen molar-refractivity contribution in [2.75, 3.05) is 19.4 Å². The van der Waals surface area contributed by atoms with Crippen LogP contribution in [0.5, 0.6) is 0 Å². The van der Waals surface area contributed by atoms with Crippen molar-refractivity contribution >= 4 is 29.3 Å². The number of carbonyl (C=O) groups is 2. The number of amides is 1. The maximum atomic E-state index is 13.0. The van der Waals surface area contributed by atoms with Gasteiger partial charge in [0.25, 0.3) is 0 Å². The fraction of sp³-hybridized carbons (Fsp3) is 0.300. The summed E-state index contributed by atoms with van der Waals surface area (Å²) in [6, 6.07) is 15.7. The van der Waals surface area contributed by atoms with E-state index in [2.05, 4.69) is 12.1 Å². The van der Waals surface area contributed by atoms with Gasteiger partial charge in [-0.3, -0.25) is 9.59 Å². The quantitative estimate of drug-likeness (QED) is 0.647. The fourth-order valence-electron chi connectivity index (χ4n) is 2.99. The second-order valence-electron chi connectivity index (χ2n) is 6.25. The number of methoxy groups -OCH3 is 1. The number of nitrogens with two attached hydrogens (primary N) is 1. The molecular formula is C20H22N2O3S. The lowest BCUT2D eigenvalue weighted by molar-refractivity contribution is -0.143. The van der Waals surface area contributed by atoms with Crippen LogP contribution in [0.4, 0.5) is 5.69 Å². The van der Waals surface area contributed by atoms with Crippen molar-refractivity contribution < 1.29 is 14.3 Å². The summed E-state index contributed by atoms with van der Waals surface area (Å²) in [5, 5.41) is -0.483. The third kappa shape index (κ3) is 4.38. The lowest BCUT2D eigenvalue weighted by atomic mass is 10.1. The molecule has 0 spiro atoms. The van der Waals surface area contributed by atoms with Gasteiger partial charge in [0.15, 0.2) is 0 Å². The van der Waals surface area contributed by atoms with Gasteiger partial charge in [-0.05, 0) is 35.7 Å². The molecule has 1 heterocycles. The van der Waals surface area contributed by atoms with E-state index in [-0.39, 0.29) is 18.3 Å². The molecule has 26 heavy (non-hydrogen) atoms. The maximum Gasteiger partial charge on any atom is 0.307 e. The van der Waals surface area contributed by atoms with E-state index in [4.69, 9.17) is 10.5 Å². The Bertz CT molecular complexity index is 795. The van der Waals surface area contributed by atoms with Crippen LogP contribution in [0.25, 0.3) is 0 Å². The lowest BCUT2D eigenvalue weighted by Crippen LogP contribution is -2.38. The number of esters is 1. The number of benzene rings is 2. The van der Waals surface area contributed by atoms with Gasteiger partial charge in [0.1, 0.15) is 0 Å². The van der Waals surface area contributed by atoms with Crippen LogP contribution >= 0.6 is 11.8 Å². The predicted molar refractivity (Wildman–Crippen MR) is 103 cm³/mol. The number of hydrogen-bond acceptors (Lipinski definition) is 5. The second-order valence-corrected chi connectivity index (χ2v) is 7.49. The van der Waals surface area contributed by atoms with Crippen molar-refractivity contribution in [2.45, 2.75) is 29.5 Å². The Morgan fingerprint density at radius 1 is 1.27 bits per heavy atom. The smallest absolute Gasteiger partial charge is 0.307 e. The van der Waals surface area contributed by atoms with Crippen LogP contribution < -0.4 is 5.73 Å². The number of nitrogens with zero attached hydrogens (tertiary/aromatic N) is 1. The Hall–Kier alpha value is -2.47. The molecule has 2 aromatic carbocycles. The van der Waals surface area contributed by atoms with Gasteiger partial charge in [-0.15, -0.1) is 11.8 Å². The number of ether oxygens (including phenoxy) is 1. The summed E-state index contributed by atoms with van der Waals surface area (Å²) in [4.78, 5) is 27.6. The van der Waals surface area contributed by atoms with E-state index >= 15 is 0 Å². The Morgan fingerprint density at radius 2 is 2.04 bits per heavy atom. The van der Waals surface area contributed by atoms with Gasteiger partial charge in [0.2, 0.25) is 5.91 Å². The average molecular weight is 370 g/mol. The van der Waals surface area contributed by atoms with Crippen molar-refractivity contribution in [3.63, 3.8) is 0 Å². The first-order valence-corrected chi connectivity index (χ1v) is 9.39. The molecule has 6 heteroatoms. The van der Waals surface area contributed by atoms with Crippen molar-refractivity contribution in [3.8, 4) is 0 Å². The predicted octanol–water partition coefficient (Wildman–Crippen LogP) is 2.88. The van der Waals surface area contributed by atoms with Crippen LogP contribution in [-0.4, -0.2) is 35.7 Å². The molecule has 0 saturated carbocycles. The topological polar surface area (TPSA) is 72.6 Å². The SMILES string of the molecule is COC(=O)CC1Sc2ccc(N)cc2CN(CCc2ccccc2)C1=O. The molecule has 0 bridgehead atoms. The third-order valence-corrected chi connectivity index (χ3v) is 5.70. The molecule has 5 nitrogen and oxygen atoms in total. The zero-order valence-electron chi connectivity index (χ0n) is 14.7. The third-order valence-electron chi connectivity index (χ3n) is 4.40. The van der Waals surface area contributed by atoms with Gasteiger partial charge < -0.3 is 15.4 Å². The van der Waals surface area contributed by atoms with Gasteiger partial charge in [0, 0.05) is 23.7 Å². The van der Waals surface area contributed by atoms with Crippen molar-refractivity contribution in [3.05, 3.63) is 59.7 Å². The lowest BCUT2D eigenvalue weighted by Gasteiger charge is -2.24. The number of nitrogen functional groups attached to an aromatic ring is 1. The zero-order chi connectivity index (χ0) is 18.5. The molecule has 1 amide bonds. The summed E-state index contributed by atoms with van der Waals surface area (Å²) >= 11 is 1.42. The molecule has 0 aliphatic carbocycles. The molecule has 0 saturated heterocycles. The summed E-state index contributed by atoms with van der Waals surface area (Å²) in [6.45, 7) is 1.09. The van der Waals surface area contributed by atoms with Gasteiger partial charge in [0.05, 0.1) is 18.8 Å². The van der Waals surface area contributed by atoms with Crippen LogP contribution in [0.3, 0.4) is 0 Å². The highest BCUT2D eigenvalue weighted by Crippen LogP contribution is 2.35.